The van der Waals surface area contributed by atoms with E-state index in [9.17, 15) is 4.79 Å². The van der Waals surface area contributed by atoms with Crippen molar-refractivity contribution in [1.82, 2.24) is 4.90 Å². The first kappa shape index (κ1) is 10.5. The van der Waals surface area contributed by atoms with Gasteiger partial charge in [0, 0.05) is 20.0 Å². The number of carbonyl (C=O) groups is 1. The summed E-state index contributed by atoms with van der Waals surface area (Å²) in [5.74, 6) is 0.100. The predicted octanol–water partition coefficient (Wildman–Crippen LogP) is 0.00460. The van der Waals surface area contributed by atoms with Crippen LogP contribution in [-0.4, -0.2) is 47.8 Å². The van der Waals surface area contributed by atoms with Gasteiger partial charge in [0.25, 0.3) is 0 Å². The zero-order chi connectivity index (χ0) is 9.84. The molecule has 13 heavy (non-hydrogen) atoms. The average Bonchev–Trinajstić information content (AvgIpc) is 2.48. The third-order valence-corrected chi connectivity index (χ3v) is 2.16. The molecule has 1 aliphatic heterocycles. The SMILES string of the molecule is CC(=O)N1CCC(OCC(C)O)C1. The maximum absolute atomic E-state index is 11.0. The molecule has 1 heterocycles. The first-order valence-electron chi connectivity index (χ1n) is 4.64. The molecule has 1 N–H and O–H groups in total. The summed E-state index contributed by atoms with van der Waals surface area (Å²) in [4.78, 5) is 12.7. The first-order valence-corrected chi connectivity index (χ1v) is 4.64. The maximum Gasteiger partial charge on any atom is 0.219 e. The Labute approximate surface area is 78.5 Å². The van der Waals surface area contributed by atoms with E-state index in [1.165, 1.54) is 0 Å². The van der Waals surface area contributed by atoms with Gasteiger partial charge < -0.3 is 14.7 Å². The molecule has 4 heteroatoms. The Balaban J connectivity index is 2.21. The van der Waals surface area contributed by atoms with E-state index in [1.54, 1.807) is 18.7 Å². The highest BCUT2D eigenvalue weighted by Crippen LogP contribution is 2.12. The van der Waals surface area contributed by atoms with Crippen molar-refractivity contribution < 1.29 is 14.6 Å². The summed E-state index contributed by atoms with van der Waals surface area (Å²) in [6.45, 7) is 5.06. The lowest BCUT2D eigenvalue weighted by molar-refractivity contribution is -0.128. The van der Waals surface area contributed by atoms with Crippen LogP contribution in [-0.2, 0) is 9.53 Å². The minimum Gasteiger partial charge on any atom is -0.391 e. The summed E-state index contributed by atoms with van der Waals surface area (Å²) in [5, 5.41) is 8.98. The number of hydrogen-bond acceptors (Lipinski definition) is 3. The van der Waals surface area contributed by atoms with Crippen molar-refractivity contribution in [3.8, 4) is 0 Å². The third kappa shape index (κ3) is 3.32. The molecule has 4 nitrogen and oxygen atoms in total. The second-order valence-electron chi connectivity index (χ2n) is 3.56. The molecule has 76 valence electrons. The van der Waals surface area contributed by atoms with Gasteiger partial charge in [0.15, 0.2) is 0 Å². The van der Waals surface area contributed by atoms with Crippen LogP contribution in [0.2, 0.25) is 0 Å². The van der Waals surface area contributed by atoms with Crippen LogP contribution in [0.4, 0.5) is 0 Å². The number of likely N-dealkylation sites (tertiary alicyclic amines) is 1. The average molecular weight is 187 g/mol. The molecule has 0 bridgehead atoms. The second kappa shape index (κ2) is 4.58. The molecule has 1 rings (SSSR count). The largest absolute Gasteiger partial charge is 0.391 e. The summed E-state index contributed by atoms with van der Waals surface area (Å²) >= 11 is 0. The molecule has 2 unspecified atom stereocenters. The molecule has 1 amide bonds. The molecule has 0 radical (unpaired) electrons. The Bertz CT molecular complexity index is 182. The van der Waals surface area contributed by atoms with Gasteiger partial charge in [-0.05, 0) is 13.3 Å². The molecule has 1 saturated heterocycles. The van der Waals surface area contributed by atoms with Crippen molar-refractivity contribution in [1.29, 1.82) is 0 Å². The molecule has 0 aliphatic carbocycles. The highest BCUT2D eigenvalue weighted by Gasteiger charge is 2.24. The summed E-state index contributed by atoms with van der Waals surface area (Å²) in [7, 11) is 0. The Kier molecular flexibility index (Phi) is 3.69. The van der Waals surface area contributed by atoms with E-state index >= 15 is 0 Å². The molecular formula is C9H17NO3. The van der Waals surface area contributed by atoms with Gasteiger partial charge in [0.2, 0.25) is 5.91 Å². The highest BCUT2D eigenvalue weighted by atomic mass is 16.5. The molecule has 2 atom stereocenters. The van der Waals surface area contributed by atoms with Crippen LogP contribution in [0.3, 0.4) is 0 Å². The van der Waals surface area contributed by atoms with E-state index in [0.29, 0.717) is 13.2 Å². The molecule has 0 saturated carbocycles. The fourth-order valence-electron chi connectivity index (χ4n) is 1.43. The zero-order valence-corrected chi connectivity index (χ0v) is 8.19. The standard InChI is InChI=1S/C9H17NO3/c1-7(11)6-13-9-3-4-10(5-9)8(2)12/h7,9,11H,3-6H2,1-2H3. The molecule has 1 fully saturated rings. The van der Waals surface area contributed by atoms with Crippen LogP contribution in [0.5, 0.6) is 0 Å². The van der Waals surface area contributed by atoms with E-state index in [-0.39, 0.29) is 12.0 Å². The van der Waals surface area contributed by atoms with Gasteiger partial charge >= 0.3 is 0 Å². The molecule has 0 spiro atoms. The molecule has 0 aromatic rings. The Morgan fingerprint density at radius 1 is 1.77 bits per heavy atom. The minimum absolute atomic E-state index is 0.100. The van der Waals surface area contributed by atoms with Crippen molar-refractivity contribution in [3.63, 3.8) is 0 Å². The van der Waals surface area contributed by atoms with Crippen molar-refractivity contribution in [2.75, 3.05) is 19.7 Å². The zero-order valence-electron chi connectivity index (χ0n) is 8.19. The minimum atomic E-state index is -0.425. The van der Waals surface area contributed by atoms with Crippen molar-refractivity contribution >= 4 is 5.91 Å². The smallest absolute Gasteiger partial charge is 0.219 e. The van der Waals surface area contributed by atoms with Gasteiger partial charge in [-0.15, -0.1) is 0 Å². The van der Waals surface area contributed by atoms with Gasteiger partial charge in [0.05, 0.1) is 18.8 Å². The Morgan fingerprint density at radius 3 is 2.92 bits per heavy atom. The molecule has 0 aromatic carbocycles. The lowest BCUT2D eigenvalue weighted by atomic mass is 10.3. The van der Waals surface area contributed by atoms with E-state index < -0.39 is 6.10 Å². The van der Waals surface area contributed by atoms with Crippen LogP contribution in [0.1, 0.15) is 20.3 Å². The molecule has 0 aromatic heterocycles. The number of ether oxygens (including phenoxy) is 1. The van der Waals surface area contributed by atoms with Crippen molar-refractivity contribution in [2.24, 2.45) is 0 Å². The molecule has 1 aliphatic rings. The van der Waals surface area contributed by atoms with Gasteiger partial charge in [0.1, 0.15) is 0 Å². The van der Waals surface area contributed by atoms with Crippen LogP contribution in [0.15, 0.2) is 0 Å². The number of amides is 1. The second-order valence-corrected chi connectivity index (χ2v) is 3.56. The monoisotopic (exact) mass is 187 g/mol. The number of rotatable bonds is 3. The van der Waals surface area contributed by atoms with Crippen LogP contribution >= 0.6 is 0 Å². The quantitative estimate of drug-likeness (QED) is 0.677. The van der Waals surface area contributed by atoms with Gasteiger partial charge in [-0.25, -0.2) is 0 Å². The summed E-state index contributed by atoms with van der Waals surface area (Å²) in [6, 6.07) is 0. The van der Waals surface area contributed by atoms with E-state index in [1.807, 2.05) is 0 Å². The van der Waals surface area contributed by atoms with Crippen LogP contribution in [0, 0.1) is 0 Å². The van der Waals surface area contributed by atoms with Crippen LogP contribution < -0.4 is 0 Å². The van der Waals surface area contributed by atoms with Gasteiger partial charge in [-0.1, -0.05) is 0 Å². The van der Waals surface area contributed by atoms with E-state index in [0.717, 1.165) is 13.0 Å². The van der Waals surface area contributed by atoms with Crippen molar-refractivity contribution in [2.45, 2.75) is 32.5 Å². The highest BCUT2D eigenvalue weighted by molar-refractivity contribution is 5.73. The van der Waals surface area contributed by atoms with E-state index in [2.05, 4.69) is 0 Å². The van der Waals surface area contributed by atoms with E-state index in [4.69, 9.17) is 9.84 Å². The lowest BCUT2D eigenvalue weighted by Crippen LogP contribution is -2.28. The molecular weight excluding hydrogens is 170 g/mol. The van der Waals surface area contributed by atoms with Gasteiger partial charge in [-0.2, -0.15) is 0 Å². The topological polar surface area (TPSA) is 49.8 Å². The normalized spacial score (nSPS) is 24.8. The fourth-order valence-corrected chi connectivity index (χ4v) is 1.43. The van der Waals surface area contributed by atoms with Crippen molar-refractivity contribution in [3.05, 3.63) is 0 Å². The Morgan fingerprint density at radius 2 is 2.46 bits per heavy atom. The fraction of sp³-hybridized carbons (Fsp3) is 0.889. The van der Waals surface area contributed by atoms with Crippen LogP contribution in [0.25, 0.3) is 0 Å². The van der Waals surface area contributed by atoms with Gasteiger partial charge in [-0.3, -0.25) is 4.79 Å². The summed E-state index contributed by atoms with van der Waals surface area (Å²) in [5.41, 5.74) is 0. The number of hydrogen-bond donors (Lipinski definition) is 1. The number of carbonyl (C=O) groups excluding carboxylic acids is 1. The number of nitrogens with zero attached hydrogens (tertiary/aromatic N) is 1. The predicted molar refractivity (Wildman–Crippen MR) is 48.3 cm³/mol. The number of aliphatic hydroxyl groups excluding tert-OH is 1. The Hall–Kier alpha value is -0.610. The summed E-state index contributed by atoms with van der Waals surface area (Å²) in [6.07, 6.45) is 0.566. The lowest BCUT2D eigenvalue weighted by Gasteiger charge is -2.15. The third-order valence-electron chi connectivity index (χ3n) is 2.16. The number of aliphatic hydroxyl groups is 1. The maximum atomic E-state index is 11.0. The first-order chi connectivity index (χ1) is 6.09. The summed E-state index contributed by atoms with van der Waals surface area (Å²) < 4.78 is 5.40.